The van der Waals surface area contributed by atoms with Gasteiger partial charge in [-0.2, -0.15) is 0 Å². The number of carbonyl (C=O) groups is 1. The molecule has 0 saturated carbocycles. The second kappa shape index (κ2) is 6.55. The molecule has 0 radical (unpaired) electrons. The molecule has 1 aromatic carbocycles. The smallest absolute Gasteiger partial charge is 0.262 e. The largest absolute Gasteiger partial charge is 0.341 e. The van der Waals surface area contributed by atoms with Crippen LogP contribution in [0.15, 0.2) is 42.5 Å². The van der Waals surface area contributed by atoms with Crippen molar-refractivity contribution in [2.24, 2.45) is 0 Å². The highest BCUT2D eigenvalue weighted by molar-refractivity contribution is 9.09. The Bertz CT molecular complexity index is 581. The molecule has 0 saturated heterocycles. The summed E-state index contributed by atoms with van der Waals surface area (Å²) in [7, 11) is 0. The molecule has 2 aromatic rings. The summed E-state index contributed by atoms with van der Waals surface area (Å²) in [5.74, 6) is -0.0134. The summed E-state index contributed by atoms with van der Waals surface area (Å²) in [5, 5.41) is 3.81. The Morgan fingerprint density at radius 2 is 1.95 bits per heavy atom. The average Bonchev–Trinajstić information content (AvgIpc) is 2.97. The van der Waals surface area contributed by atoms with Gasteiger partial charge in [-0.25, -0.2) is 0 Å². The topological polar surface area (TPSA) is 29.1 Å². The molecule has 20 heavy (non-hydrogen) atoms. The highest BCUT2D eigenvalue weighted by Crippen LogP contribution is 2.25. The number of hydrogen-bond acceptors (Lipinski definition) is 2. The lowest BCUT2D eigenvalue weighted by molar-refractivity contribution is 0.0918. The van der Waals surface area contributed by atoms with Crippen molar-refractivity contribution in [1.82, 2.24) is 5.32 Å². The van der Waals surface area contributed by atoms with E-state index in [1.54, 1.807) is 11.3 Å². The molecule has 106 valence electrons. The van der Waals surface area contributed by atoms with Crippen molar-refractivity contribution in [2.75, 3.05) is 5.33 Å². The first-order valence-corrected chi connectivity index (χ1v) is 8.55. The van der Waals surface area contributed by atoms with Crippen molar-refractivity contribution in [3.8, 4) is 0 Å². The van der Waals surface area contributed by atoms with Crippen LogP contribution in [0, 0.1) is 0 Å². The zero-order chi connectivity index (χ0) is 14.6. The van der Waals surface area contributed by atoms with Crippen LogP contribution in [0.1, 0.15) is 34.0 Å². The quantitative estimate of drug-likeness (QED) is 0.797. The van der Waals surface area contributed by atoms with E-state index in [9.17, 15) is 4.79 Å². The molecule has 1 heterocycles. The average molecular weight is 352 g/mol. The standard InChI is InChI=1S/C16H18BrNOS/c1-3-13-9-10-14(20-13)15(19)18-16(2,11-17)12-7-5-4-6-8-12/h4-10H,3,11H2,1-2H3,(H,18,19). The van der Waals surface area contributed by atoms with E-state index in [4.69, 9.17) is 0 Å². The number of benzene rings is 1. The predicted octanol–water partition coefficient (Wildman–Crippen LogP) is 4.35. The fourth-order valence-corrected chi connectivity index (χ4v) is 3.30. The maximum atomic E-state index is 12.4. The summed E-state index contributed by atoms with van der Waals surface area (Å²) in [4.78, 5) is 14.4. The molecule has 1 N–H and O–H groups in total. The van der Waals surface area contributed by atoms with Crippen molar-refractivity contribution < 1.29 is 4.79 Å². The molecule has 2 nitrogen and oxygen atoms in total. The summed E-state index contributed by atoms with van der Waals surface area (Å²) in [6.07, 6.45) is 0.965. The normalized spacial score (nSPS) is 13.8. The molecule has 0 fully saturated rings. The van der Waals surface area contributed by atoms with E-state index in [2.05, 4.69) is 28.2 Å². The van der Waals surface area contributed by atoms with Gasteiger partial charge in [-0.1, -0.05) is 53.2 Å². The van der Waals surface area contributed by atoms with Crippen molar-refractivity contribution in [3.63, 3.8) is 0 Å². The molecule has 0 bridgehead atoms. The second-order valence-electron chi connectivity index (χ2n) is 4.91. The highest BCUT2D eigenvalue weighted by atomic mass is 79.9. The first-order chi connectivity index (χ1) is 9.59. The van der Waals surface area contributed by atoms with Crippen LogP contribution in [-0.4, -0.2) is 11.2 Å². The maximum Gasteiger partial charge on any atom is 0.262 e. The van der Waals surface area contributed by atoms with Crippen LogP contribution >= 0.6 is 27.3 Å². The number of amides is 1. The van der Waals surface area contributed by atoms with Crippen molar-refractivity contribution in [2.45, 2.75) is 25.8 Å². The molecule has 1 amide bonds. The fourth-order valence-electron chi connectivity index (χ4n) is 1.99. The number of carbonyl (C=O) groups excluding carboxylic acids is 1. The molecule has 0 aliphatic rings. The van der Waals surface area contributed by atoms with E-state index in [-0.39, 0.29) is 5.91 Å². The number of alkyl halides is 1. The Hall–Kier alpha value is -1.13. The van der Waals surface area contributed by atoms with Crippen LogP contribution < -0.4 is 5.32 Å². The lowest BCUT2D eigenvalue weighted by atomic mass is 9.94. The van der Waals surface area contributed by atoms with E-state index in [0.717, 1.165) is 16.9 Å². The van der Waals surface area contributed by atoms with Crippen LogP contribution in [0.4, 0.5) is 0 Å². The van der Waals surface area contributed by atoms with Gasteiger partial charge >= 0.3 is 0 Å². The van der Waals surface area contributed by atoms with E-state index < -0.39 is 5.54 Å². The summed E-state index contributed by atoms with van der Waals surface area (Å²) >= 11 is 5.08. The van der Waals surface area contributed by atoms with Crippen molar-refractivity contribution in [1.29, 1.82) is 0 Å². The van der Waals surface area contributed by atoms with Crippen LogP contribution in [0.5, 0.6) is 0 Å². The Morgan fingerprint density at radius 1 is 1.25 bits per heavy atom. The van der Waals surface area contributed by atoms with Gasteiger partial charge in [0.25, 0.3) is 5.91 Å². The first kappa shape index (κ1) is 15.3. The third kappa shape index (κ3) is 3.30. The minimum Gasteiger partial charge on any atom is -0.341 e. The molecule has 0 spiro atoms. The fraction of sp³-hybridized carbons (Fsp3) is 0.312. The van der Waals surface area contributed by atoms with Crippen molar-refractivity contribution >= 4 is 33.2 Å². The number of hydrogen-bond donors (Lipinski definition) is 1. The van der Waals surface area contributed by atoms with E-state index >= 15 is 0 Å². The van der Waals surface area contributed by atoms with Gasteiger partial charge in [0.15, 0.2) is 0 Å². The van der Waals surface area contributed by atoms with Crippen molar-refractivity contribution in [3.05, 3.63) is 57.8 Å². The number of halogens is 1. The van der Waals surface area contributed by atoms with Crippen LogP contribution in [-0.2, 0) is 12.0 Å². The molecular formula is C16H18BrNOS. The minimum atomic E-state index is -0.408. The Morgan fingerprint density at radius 3 is 2.50 bits per heavy atom. The lowest BCUT2D eigenvalue weighted by Crippen LogP contribution is -2.44. The molecule has 0 aliphatic heterocycles. The maximum absolute atomic E-state index is 12.4. The third-order valence-corrected chi connectivity index (χ3v) is 5.65. The van der Waals surface area contributed by atoms with Crippen LogP contribution in [0.3, 0.4) is 0 Å². The summed E-state index contributed by atoms with van der Waals surface area (Å²) < 4.78 is 0. The van der Waals surface area contributed by atoms with Gasteiger partial charge in [-0.05, 0) is 31.0 Å². The SMILES string of the molecule is CCc1ccc(C(=O)NC(C)(CBr)c2ccccc2)s1. The molecule has 1 unspecified atom stereocenters. The van der Waals surface area contributed by atoms with E-state index in [0.29, 0.717) is 5.33 Å². The Balaban J connectivity index is 2.19. The Kier molecular flexibility index (Phi) is 5.00. The van der Waals surface area contributed by atoms with Gasteiger partial charge in [0.1, 0.15) is 0 Å². The van der Waals surface area contributed by atoms with Gasteiger partial charge in [0, 0.05) is 10.2 Å². The second-order valence-corrected chi connectivity index (χ2v) is 6.63. The predicted molar refractivity (Wildman–Crippen MR) is 88.8 cm³/mol. The highest BCUT2D eigenvalue weighted by Gasteiger charge is 2.28. The molecule has 1 aromatic heterocycles. The molecule has 2 rings (SSSR count). The molecular weight excluding hydrogens is 334 g/mol. The van der Waals surface area contributed by atoms with E-state index in [1.807, 2.05) is 49.4 Å². The van der Waals surface area contributed by atoms with Crippen LogP contribution in [0.25, 0.3) is 0 Å². The van der Waals surface area contributed by atoms with E-state index in [1.165, 1.54) is 4.88 Å². The number of thiophene rings is 1. The molecule has 1 atom stereocenters. The Labute approximate surface area is 132 Å². The summed E-state index contributed by atoms with van der Waals surface area (Å²) in [6, 6.07) is 13.9. The monoisotopic (exact) mass is 351 g/mol. The van der Waals surface area contributed by atoms with Gasteiger partial charge in [0.2, 0.25) is 0 Å². The molecule has 0 aliphatic carbocycles. The number of nitrogens with one attached hydrogen (secondary N) is 1. The summed E-state index contributed by atoms with van der Waals surface area (Å²) in [6.45, 7) is 4.13. The third-order valence-electron chi connectivity index (χ3n) is 3.30. The lowest BCUT2D eigenvalue weighted by Gasteiger charge is -2.29. The first-order valence-electron chi connectivity index (χ1n) is 6.62. The number of aryl methyl sites for hydroxylation is 1. The van der Waals surface area contributed by atoms with Gasteiger partial charge in [-0.3, -0.25) is 4.79 Å². The van der Waals surface area contributed by atoms with Gasteiger partial charge in [-0.15, -0.1) is 11.3 Å². The zero-order valence-electron chi connectivity index (χ0n) is 11.7. The molecule has 4 heteroatoms. The summed E-state index contributed by atoms with van der Waals surface area (Å²) in [5.41, 5.74) is 0.687. The number of rotatable bonds is 5. The van der Waals surface area contributed by atoms with Gasteiger partial charge < -0.3 is 5.32 Å². The van der Waals surface area contributed by atoms with Crippen LogP contribution in [0.2, 0.25) is 0 Å². The zero-order valence-corrected chi connectivity index (χ0v) is 14.1. The van der Waals surface area contributed by atoms with Gasteiger partial charge in [0.05, 0.1) is 10.4 Å². The minimum absolute atomic E-state index is 0.0134.